The third kappa shape index (κ3) is 5.51. The molecular weight excluding hydrogens is 386 g/mol. The molecule has 0 saturated carbocycles. The third-order valence-electron chi connectivity index (χ3n) is 4.84. The van der Waals surface area contributed by atoms with Crippen LogP contribution in [0.2, 0.25) is 0 Å². The van der Waals surface area contributed by atoms with Crippen molar-refractivity contribution >= 4 is 23.6 Å². The van der Waals surface area contributed by atoms with Crippen molar-refractivity contribution in [3.8, 4) is 11.5 Å². The lowest BCUT2D eigenvalue weighted by Gasteiger charge is -2.36. The van der Waals surface area contributed by atoms with E-state index in [9.17, 15) is 9.59 Å². The fourth-order valence-corrected chi connectivity index (χ4v) is 3.24. The van der Waals surface area contributed by atoms with Crippen LogP contribution in [-0.2, 0) is 9.59 Å². The van der Waals surface area contributed by atoms with Crippen molar-refractivity contribution in [1.82, 2.24) is 10.4 Å². The van der Waals surface area contributed by atoms with Gasteiger partial charge in [-0.05, 0) is 29.8 Å². The van der Waals surface area contributed by atoms with Crippen LogP contribution in [0.4, 0.5) is 5.69 Å². The summed E-state index contributed by atoms with van der Waals surface area (Å²) in [6.07, 6.45) is 2.93. The minimum atomic E-state index is -0.587. The zero-order valence-corrected chi connectivity index (χ0v) is 16.8. The van der Waals surface area contributed by atoms with Gasteiger partial charge in [-0.15, -0.1) is 0 Å². The highest BCUT2D eigenvalue weighted by molar-refractivity contribution is 5.91. The van der Waals surface area contributed by atoms with Gasteiger partial charge in [0.2, 0.25) is 0 Å². The van der Waals surface area contributed by atoms with E-state index in [0.717, 1.165) is 11.3 Å². The predicted molar refractivity (Wildman–Crippen MR) is 113 cm³/mol. The number of amides is 2. The molecule has 0 unspecified atom stereocenters. The Morgan fingerprint density at radius 3 is 2.53 bits per heavy atom. The van der Waals surface area contributed by atoms with Crippen LogP contribution in [0.3, 0.4) is 0 Å². The maximum absolute atomic E-state index is 12.5. The maximum Gasteiger partial charge on any atom is 0.267 e. The van der Waals surface area contributed by atoms with Crippen LogP contribution >= 0.6 is 0 Å². The number of methoxy groups -OCH3 is 1. The topological polar surface area (TPSA) is 91.3 Å². The fourth-order valence-electron chi connectivity index (χ4n) is 3.24. The lowest BCUT2D eigenvalue weighted by molar-refractivity contribution is -0.133. The van der Waals surface area contributed by atoms with Gasteiger partial charge in [-0.1, -0.05) is 24.3 Å². The van der Waals surface area contributed by atoms with E-state index in [1.807, 2.05) is 36.4 Å². The Hall–Kier alpha value is -3.52. The molecule has 0 aromatic heterocycles. The van der Waals surface area contributed by atoms with Crippen molar-refractivity contribution in [3.05, 3.63) is 60.2 Å². The summed E-state index contributed by atoms with van der Waals surface area (Å²) in [5.41, 5.74) is 3.41. The molecule has 1 aliphatic rings. The van der Waals surface area contributed by atoms with Crippen LogP contribution in [0.15, 0.2) is 54.6 Å². The summed E-state index contributed by atoms with van der Waals surface area (Å²) >= 11 is 0. The molecule has 3 rings (SSSR count). The number of anilines is 1. The van der Waals surface area contributed by atoms with Crippen molar-refractivity contribution in [2.45, 2.75) is 0 Å². The monoisotopic (exact) mass is 411 g/mol. The molecule has 1 saturated heterocycles. The molecule has 2 aromatic carbocycles. The molecule has 2 amide bonds. The zero-order valence-electron chi connectivity index (χ0n) is 16.8. The average Bonchev–Trinajstić information content (AvgIpc) is 2.81. The van der Waals surface area contributed by atoms with Crippen LogP contribution in [0.25, 0.3) is 6.08 Å². The Labute approximate surface area is 175 Å². The van der Waals surface area contributed by atoms with Crippen molar-refractivity contribution < 1.29 is 24.3 Å². The minimum absolute atomic E-state index is 0.0250. The first-order valence-corrected chi connectivity index (χ1v) is 9.61. The van der Waals surface area contributed by atoms with Gasteiger partial charge in [0.1, 0.15) is 11.5 Å². The number of ether oxygens (including phenoxy) is 2. The van der Waals surface area contributed by atoms with Gasteiger partial charge in [0.25, 0.3) is 11.8 Å². The molecule has 0 radical (unpaired) electrons. The van der Waals surface area contributed by atoms with E-state index >= 15 is 0 Å². The van der Waals surface area contributed by atoms with Crippen molar-refractivity contribution in [2.75, 3.05) is 44.8 Å². The number of hydroxylamine groups is 1. The highest BCUT2D eigenvalue weighted by Crippen LogP contribution is 2.23. The zero-order chi connectivity index (χ0) is 21.3. The fraction of sp³-hybridized carbons (Fsp3) is 0.273. The summed E-state index contributed by atoms with van der Waals surface area (Å²) in [6, 6.07) is 14.8. The number of benzene rings is 2. The Morgan fingerprint density at radius 2 is 1.80 bits per heavy atom. The molecule has 0 atom stereocenters. The SMILES string of the molecule is COc1cccc(OCC(=O)N2CCN(c3ccccc3C=CC(=O)NO)CC2)c1. The van der Waals surface area contributed by atoms with Crippen molar-refractivity contribution in [1.29, 1.82) is 0 Å². The Morgan fingerprint density at radius 1 is 1.07 bits per heavy atom. The first-order valence-electron chi connectivity index (χ1n) is 9.61. The number of piperazine rings is 1. The first-order chi connectivity index (χ1) is 14.6. The number of rotatable bonds is 7. The highest BCUT2D eigenvalue weighted by atomic mass is 16.5. The van der Waals surface area contributed by atoms with E-state index in [2.05, 4.69) is 4.90 Å². The summed E-state index contributed by atoms with van der Waals surface area (Å²) in [6.45, 7) is 2.47. The van der Waals surface area contributed by atoms with Crippen molar-refractivity contribution in [2.24, 2.45) is 0 Å². The van der Waals surface area contributed by atoms with E-state index in [1.54, 1.807) is 35.7 Å². The normalized spacial score (nSPS) is 13.9. The van der Waals surface area contributed by atoms with E-state index < -0.39 is 5.91 Å². The number of para-hydroxylation sites is 1. The molecule has 0 aliphatic carbocycles. The Kier molecular flexibility index (Phi) is 7.29. The average molecular weight is 411 g/mol. The first kappa shape index (κ1) is 21.2. The smallest absolute Gasteiger partial charge is 0.267 e. The highest BCUT2D eigenvalue weighted by Gasteiger charge is 2.22. The molecule has 1 heterocycles. The number of nitrogens with one attached hydrogen (secondary N) is 1. The largest absolute Gasteiger partial charge is 0.497 e. The summed E-state index contributed by atoms with van der Waals surface area (Å²) in [5, 5.41) is 8.64. The van der Waals surface area contributed by atoms with Crippen LogP contribution in [0, 0.1) is 0 Å². The van der Waals surface area contributed by atoms with Gasteiger partial charge in [0.05, 0.1) is 7.11 Å². The molecule has 0 spiro atoms. The number of hydrogen-bond donors (Lipinski definition) is 2. The molecule has 0 bridgehead atoms. The summed E-state index contributed by atoms with van der Waals surface area (Å²) in [7, 11) is 1.58. The molecule has 8 nitrogen and oxygen atoms in total. The number of nitrogens with zero attached hydrogens (tertiary/aromatic N) is 2. The minimum Gasteiger partial charge on any atom is -0.497 e. The summed E-state index contributed by atoms with van der Waals surface area (Å²) < 4.78 is 10.8. The van der Waals surface area contributed by atoms with E-state index in [0.29, 0.717) is 37.7 Å². The molecule has 1 fully saturated rings. The van der Waals surface area contributed by atoms with Gasteiger partial charge in [-0.2, -0.15) is 0 Å². The Bertz CT molecular complexity index is 907. The molecule has 1 aliphatic heterocycles. The molecule has 2 N–H and O–H groups in total. The lowest BCUT2D eigenvalue weighted by atomic mass is 10.1. The molecule has 2 aromatic rings. The second kappa shape index (κ2) is 10.3. The maximum atomic E-state index is 12.5. The quantitative estimate of drug-likeness (QED) is 0.411. The Balaban J connectivity index is 1.55. The van der Waals surface area contributed by atoms with Gasteiger partial charge >= 0.3 is 0 Å². The summed E-state index contributed by atoms with van der Waals surface area (Å²) in [5.74, 6) is 0.619. The van der Waals surface area contributed by atoms with E-state index in [-0.39, 0.29) is 12.5 Å². The predicted octanol–water partition coefficient (Wildman–Crippen LogP) is 1.94. The van der Waals surface area contributed by atoms with Crippen LogP contribution in [0.1, 0.15) is 5.56 Å². The van der Waals surface area contributed by atoms with Gasteiger partial charge in [-0.25, -0.2) is 5.48 Å². The number of carbonyl (C=O) groups is 2. The third-order valence-corrected chi connectivity index (χ3v) is 4.84. The van der Waals surface area contributed by atoms with Crippen molar-refractivity contribution in [3.63, 3.8) is 0 Å². The second-order valence-corrected chi connectivity index (χ2v) is 6.70. The summed E-state index contributed by atoms with van der Waals surface area (Å²) in [4.78, 5) is 27.7. The van der Waals surface area contributed by atoms with Crippen LogP contribution in [0.5, 0.6) is 11.5 Å². The van der Waals surface area contributed by atoms with Crippen LogP contribution < -0.4 is 19.9 Å². The second-order valence-electron chi connectivity index (χ2n) is 6.70. The van der Waals surface area contributed by atoms with Crippen LogP contribution in [-0.4, -0.2) is 61.8 Å². The van der Waals surface area contributed by atoms with E-state index in [4.69, 9.17) is 14.7 Å². The van der Waals surface area contributed by atoms with Gasteiger partial charge in [-0.3, -0.25) is 14.8 Å². The number of carbonyl (C=O) groups excluding carboxylic acids is 2. The molecular formula is C22H25N3O5. The van der Waals surface area contributed by atoms with Gasteiger partial charge in [0, 0.05) is 44.0 Å². The standard InChI is InChI=1S/C22H25N3O5/c1-29-18-6-4-7-19(15-18)30-16-22(27)25-13-11-24(12-14-25)20-8-3-2-5-17(20)9-10-21(26)23-28/h2-10,15,28H,11-14,16H2,1H3,(H,23,26). The van der Waals surface area contributed by atoms with E-state index in [1.165, 1.54) is 6.08 Å². The molecule has 158 valence electrons. The van der Waals surface area contributed by atoms with Gasteiger partial charge in [0.15, 0.2) is 6.61 Å². The molecule has 30 heavy (non-hydrogen) atoms. The lowest BCUT2D eigenvalue weighted by Crippen LogP contribution is -2.50. The number of hydrogen-bond acceptors (Lipinski definition) is 6. The van der Waals surface area contributed by atoms with Gasteiger partial charge < -0.3 is 19.3 Å². The molecule has 8 heteroatoms.